The summed E-state index contributed by atoms with van der Waals surface area (Å²) in [7, 11) is 0. The van der Waals surface area contributed by atoms with Gasteiger partial charge < -0.3 is 10.2 Å². The highest BCUT2D eigenvalue weighted by Gasteiger charge is 2.38. The Hall–Kier alpha value is -2.22. The molecule has 31 heavy (non-hydrogen) atoms. The number of hydrogen-bond donors (Lipinski definition) is 1. The third-order valence-electron chi connectivity index (χ3n) is 6.97. The zero-order valence-electron chi connectivity index (χ0n) is 20.8. The van der Waals surface area contributed by atoms with Crippen molar-refractivity contribution in [3.63, 3.8) is 0 Å². The lowest BCUT2D eigenvalue weighted by atomic mass is 9.70. The van der Waals surface area contributed by atoms with Crippen LogP contribution in [0, 0.1) is 24.2 Å². The summed E-state index contributed by atoms with van der Waals surface area (Å²) in [6.07, 6.45) is 6.00. The molecular formula is C29H44N2. The molecule has 2 atom stereocenters. The Morgan fingerprint density at radius 2 is 1.87 bits per heavy atom. The molecule has 0 aliphatic carbocycles. The molecule has 0 radical (unpaired) electrons. The fraction of sp³-hybridized carbons (Fsp3) is 0.517. The molecule has 0 amide bonds. The van der Waals surface area contributed by atoms with Gasteiger partial charge in [0.25, 0.3) is 0 Å². The molecular weight excluding hydrogens is 376 g/mol. The maximum absolute atomic E-state index is 4.57. The molecule has 1 N–H and O–H groups in total. The summed E-state index contributed by atoms with van der Waals surface area (Å²) in [4.78, 5) is 2.54. The second-order valence-electron chi connectivity index (χ2n) is 10.2. The van der Waals surface area contributed by atoms with Crippen LogP contribution in [0.2, 0.25) is 0 Å². The third kappa shape index (κ3) is 6.63. The van der Waals surface area contributed by atoms with Gasteiger partial charge in [-0.15, -0.1) is 0 Å². The Kier molecular flexibility index (Phi) is 8.79. The molecule has 1 saturated heterocycles. The molecule has 1 fully saturated rings. The Bertz CT molecular complexity index is 795. The smallest absolute Gasteiger partial charge is 0.0232 e. The zero-order valence-corrected chi connectivity index (χ0v) is 20.8. The number of piperidine rings is 1. The van der Waals surface area contributed by atoms with Gasteiger partial charge >= 0.3 is 0 Å². The van der Waals surface area contributed by atoms with Gasteiger partial charge in [0.05, 0.1) is 0 Å². The molecule has 1 aromatic rings. The van der Waals surface area contributed by atoms with Crippen LogP contribution in [0.5, 0.6) is 0 Å². The van der Waals surface area contributed by atoms with E-state index in [2.05, 4.69) is 94.9 Å². The predicted molar refractivity (Wildman–Crippen MR) is 137 cm³/mol. The van der Waals surface area contributed by atoms with Crippen molar-refractivity contribution in [3.05, 3.63) is 84.2 Å². The number of nitrogens with zero attached hydrogens (tertiary/aromatic N) is 1. The molecule has 170 valence electrons. The quantitative estimate of drug-likeness (QED) is 0.402. The molecule has 2 nitrogen and oxygen atoms in total. The second kappa shape index (κ2) is 10.9. The zero-order chi connectivity index (χ0) is 23.2. The van der Waals surface area contributed by atoms with Crippen LogP contribution in [0.3, 0.4) is 0 Å². The summed E-state index contributed by atoms with van der Waals surface area (Å²) >= 11 is 0. The average Bonchev–Trinajstić information content (AvgIpc) is 2.71. The number of allylic oxidation sites excluding steroid dienone is 3. The lowest BCUT2D eigenvalue weighted by molar-refractivity contribution is 0.106. The van der Waals surface area contributed by atoms with Crippen LogP contribution in [0.25, 0.3) is 0 Å². The molecule has 0 spiro atoms. The van der Waals surface area contributed by atoms with E-state index >= 15 is 0 Å². The van der Waals surface area contributed by atoms with Crippen molar-refractivity contribution in [2.45, 2.75) is 60.3 Å². The monoisotopic (exact) mass is 420 g/mol. The molecule has 0 saturated carbocycles. The van der Waals surface area contributed by atoms with Gasteiger partial charge in [-0.25, -0.2) is 0 Å². The number of benzene rings is 1. The Balaban J connectivity index is 2.03. The second-order valence-corrected chi connectivity index (χ2v) is 10.2. The highest BCUT2D eigenvalue weighted by atomic mass is 15.2. The van der Waals surface area contributed by atoms with E-state index < -0.39 is 0 Å². The van der Waals surface area contributed by atoms with E-state index in [4.69, 9.17) is 0 Å². The van der Waals surface area contributed by atoms with Crippen molar-refractivity contribution in [2.24, 2.45) is 17.3 Å². The highest BCUT2D eigenvalue weighted by Crippen LogP contribution is 2.43. The van der Waals surface area contributed by atoms with Crippen molar-refractivity contribution in [2.75, 3.05) is 19.6 Å². The Morgan fingerprint density at radius 3 is 2.39 bits per heavy atom. The van der Waals surface area contributed by atoms with E-state index in [0.29, 0.717) is 17.8 Å². The van der Waals surface area contributed by atoms with Gasteiger partial charge in [-0.1, -0.05) is 89.4 Å². The standard InChI is InChI=1S/C29H44N2/c1-10-25(11-2)18-23(6)30-19-27(21(3)4)24(7)31-17-16-28(29(8,9)20-31)26-14-12-22(5)13-15-26/h10-15,21,27-28,30H,1,6-7,16-20H2,2-5,8-9H3/b25-11+. The number of hydrogen-bond acceptors (Lipinski definition) is 2. The molecule has 1 aliphatic rings. The summed E-state index contributed by atoms with van der Waals surface area (Å²) in [6.45, 7) is 29.3. The summed E-state index contributed by atoms with van der Waals surface area (Å²) in [5.74, 6) is 1.50. The minimum atomic E-state index is 0.208. The van der Waals surface area contributed by atoms with E-state index in [1.807, 2.05) is 13.0 Å². The van der Waals surface area contributed by atoms with E-state index in [0.717, 1.165) is 31.8 Å². The first-order valence-electron chi connectivity index (χ1n) is 11.8. The van der Waals surface area contributed by atoms with Crippen LogP contribution in [-0.2, 0) is 0 Å². The largest absolute Gasteiger partial charge is 0.388 e. The third-order valence-corrected chi connectivity index (χ3v) is 6.97. The van der Waals surface area contributed by atoms with Gasteiger partial charge in [0.1, 0.15) is 0 Å². The predicted octanol–water partition coefficient (Wildman–Crippen LogP) is 7.22. The summed E-state index contributed by atoms with van der Waals surface area (Å²) in [6, 6.07) is 9.13. The topological polar surface area (TPSA) is 15.3 Å². The van der Waals surface area contributed by atoms with Crippen LogP contribution in [-0.4, -0.2) is 24.5 Å². The van der Waals surface area contributed by atoms with Crippen molar-refractivity contribution in [1.82, 2.24) is 10.2 Å². The molecule has 2 rings (SSSR count). The Morgan fingerprint density at radius 1 is 1.23 bits per heavy atom. The van der Waals surface area contributed by atoms with Crippen molar-refractivity contribution >= 4 is 0 Å². The van der Waals surface area contributed by atoms with Gasteiger partial charge in [0, 0.05) is 43.4 Å². The fourth-order valence-electron chi connectivity index (χ4n) is 4.85. The summed E-state index contributed by atoms with van der Waals surface area (Å²) in [5, 5.41) is 3.57. The summed E-state index contributed by atoms with van der Waals surface area (Å²) < 4.78 is 0. The van der Waals surface area contributed by atoms with E-state index in [1.165, 1.54) is 28.8 Å². The van der Waals surface area contributed by atoms with Gasteiger partial charge in [-0.3, -0.25) is 0 Å². The number of nitrogens with one attached hydrogen (secondary N) is 1. The molecule has 1 aromatic carbocycles. The lowest BCUT2D eigenvalue weighted by Gasteiger charge is -2.48. The first-order chi connectivity index (χ1) is 14.6. The van der Waals surface area contributed by atoms with Gasteiger partial charge in [0.15, 0.2) is 0 Å². The SMILES string of the molecule is C=C/C(=C\C)CC(=C)NCC(C(=C)N1CCC(c2ccc(C)cc2)C(C)(C)C1)C(C)C. The van der Waals surface area contributed by atoms with E-state index in [1.54, 1.807) is 0 Å². The molecule has 0 aromatic heterocycles. The van der Waals surface area contributed by atoms with E-state index in [9.17, 15) is 0 Å². The van der Waals surface area contributed by atoms with Crippen LogP contribution >= 0.6 is 0 Å². The number of aryl methyl sites for hydroxylation is 1. The molecule has 0 bridgehead atoms. The highest BCUT2D eigenvalue weighted by molar-refractivity contribution is 5.27. The Labute approximate surface area is 191 Å². The summed E-state index contributed by atoms with van der Waals surface area (Å²) in [5.41, 5.74) is 6.53. The minimum absolute atomic E-state index is 0.208. The van der Waals surface area contributed by atoms with Crippen molar-refractivity contribution < 1.29 is 0 Å². The minimum Gasteiger partial charge on any atom is -0.388 e. The normalized spacial score (nSPS) is 19.8. The van der Waals surface area contributed by atoms with Crippen molar-refractivity contribution in [3.8, 4) is 0 Å². The first-order valence-corrected chi connectivity index (χ1v) is 11.8. The first kappa shape index (κ1) is 25.0. The van der Waals surface area contributed by atoms with Crippen molar-refractivity contribution in [1.29, 1.82) is 0 Å². The molecule has 2 unspecified atom stereocenters. The van der Waals surface area contributed by atoms with Gasteiger partial charge in [-0.05, 0) is 48.7 Å². The molecule has 2 heteroatoms. The van der Waals surface area contributed by atoms with Crippen LogP contribution in [0.4, 0.5) is 0 Å². The fourth-order valence-corrected chi connectivity index (χ4v) is 4.85. The van der Waals surface area contributed by atoms with Gasteiger partial charge in [-0.2, -0.15) is 0 Å². The maximum Gasteiger partial charge on any atom is 0.0232 e. The average molecular weight is 421 g/mol. The lowest BCUT2D eigenvalue weighted by Crippen LogP contribution is -2.46. The van der Waals surface area contributed by atoms with Gasteiger partial charge in [0.2, 0.25) is 0 Å². The number of likely N-dealkylation sites (tertiary alicyclic amines) is 1. The molecule has 1 heterocycles. The number of rotatable bonds is 10. The molecule has 1 aliphatic heterocycles. The maximum atomic E-state index is 4.57. The van der Waals surface area contributed by atoms with E-state index in [-0.39, 0.29) is 5.41 Å². The van der Waals surface area contributed by atoms with Crippen LogP contribution < -0.4 is 5.32 Å². The van der Waals surface area contributed by atoms with Crippen LogP contribution in [0.1, 0.15) is 64.5 Å². The van der Waals surface area contributed by atoms with Crippen LogP contribution in [0.15, 0.2) is 73.1 Å².